The van der Waals surface area contributed by atoms with Crippen molar-refractivity contribution in [3.63, 3.8) is 0 Å². The van der Waals surface area contributed by atoms with Gasteiger partial charge in [-0.3, -0.25) is 4.90 Å². The Morgan fingerprint density at radius 3 is 1.68 bits per heavy atom. The summed E-state index contributed by atoms with van der Waals surface area (Å²) in [4.78, 5) is 7.11. The van der Waals surface area contributed by atoms with Crippen LogP contribution in [0, 0.1) is 0 Å². The number of rotatable bonds is 4. The predicted molar refractivity (Wildman–Crippen MR) is 110 cm³/mol. The van der Waals surface area contributed by atoms with E-state index in [0.29, 0.717) is 0 Å². The van der Waals surface area contributed by atoms with Crippen molar-refractivity contribution in [2.24, 2.45) is 0 Å². The summed E-state index contributed by atoms with van der Waals surface area (Å²) >= 11 is 5.34. The molecule has 0 spiro atoms. The highest BCUT2D eigenvalue weighted by atomic mass is 79.9. The van der Waals surface area contributed by atoms with Crippen LogP contribution < -0.4 is 4.90 Å². The van der Waals surface area contributed by atoms with E-state index in [1.807, 2.05) is 54.6 Å². The Bertz CT molecular complexity index is 914. The van der Waals surface area contributed by atoms with E-state index in [0.717, 1.165) is 31.6 Å². The van der Waals surface area contributed by atoms with Crippen LogP contribution in [0.3, 0.4) is 0 Å². The molecule has 4 rings (SSSR count). The minimum absolute atomic E-state index is 0.933. The summed E-state index contributed by atoms with van der Waals surface area (Å²) in [7, 11) is 0. The summed E-state index contributed by atoms with van der Waals surface area (Å²) < 4.78 is 1.03. The Morgan fingerprint density at radius 2 is 1.16 bits per heavy atom. The molecule has 0 unspecified atom stereocenters. The molecule has 25 heavy (non-hydrogen) atoms. The average molecular weight is 407 g/mol. The van der Waals surface area contributed by atoms with Crippen molar-refractivity contribution >= 4 is 43.8 Å². The lowest BCUT2D eigenvalue weighted by atomic mass is 10.2. The second kappa shape index (κ2) is 7.21. The molecule has 0 saturated carbocycles. The van der Waals surface area contributed by atoms with Crippen LogP contribution in [0.4, 0.5) is 16.5 Å². The summed E-state index contributed by atoms with van der Waals surface area (Å²) in [6.07, 6.45) is 0. The monoisotopic (exact) mass is 406 g/mol. The first-order valence-corrected chi connectivity index (χ1v) is 9.56. The molecule has 0 aliphatic carbocycles. The van der Waals surface area contributed by atoms with E-state index in [4.69, 9.17) is 4.98 Å². The molecule has 0 radical (unpaired) electrons. The third-order valence-electron chi connectivity index (χ3n) is 3.84. The SMILES string of the molecule is Brc1sc(N(c2ccccc2)c2ccccc2)nc1-c1ccccc1. The van der Waals surface area contributed by atoms with E-state index in [1.165, 1.54) is 0 Å². The predicted octanol–water partition coefficient (Wildman–Crippen LogP) is 7.04. The summed E-state index contributed by atoms with van der Waals surface area (Å²) in [5.74, 6) is 0. The van der Waals surface area contributed by atoms with Crippen LogP contribution in [-0.4, -0.2) is 4.98 Å². The first kappa shape index (κ1) is 16.1. The first-order valence-electron chi connectivity index (χ1n) is 7.95. The van der Waals surface area contributed by atoms with E-state index in [9.17, 15) is 0 Å². The van der Waals surface area contributed by atoms with Gasteiger partial charge in [-0.2, -0.15) is 0 Å². The van der Waals surface area contributed by atoms with Gasteiger partial charge in [-0.15, -0.1) is 0 Å². The molecule has 0 N–H and O–H groups in total. The highest BCUT2D eigenvalue weighted by Crippen LogP contribution is 2.42. The van der Waals surface area contributed by atoms with Crippen molar-refractivity contribution in [1.29, 1.82) is 0 Å². The zero-order valence-electron chi connectivity index (χ0n) is 13.3. The fourth-order valence-corrected chi connectivity index (χ4v) is 4.30. The number of aromatic nitrogens is 1. The molecule has 1 aromatic heterocycles. The van der Waals surface area contributed by atoms with E-state index < -0.39 is 0 Å². The maximum atomic E-state index is 4.93. The van der Waals surface area contributed by atoms with E-state index in [2.05, 4.69) is 57.2 Å². The van der Waals surface area contributed by atoms with Gasteiger partial charge in [0.25, 0.3) is 0 Å². The maximum absolute atomic E-state index is 4.93. The molecular weight excluding hydrogens is 392 g/mol. The summed E-state index contributed by atoms with van der Waals surface area (Å²) in [6.45, 7) is 0. The van der Waals surface area contributed by atoms with Gasteiger partial charge in [0.05, 0.1) is 9.48 Å². The van der Waals surface area contributed by atoms with Crippen LogP contribution in [-0.2, 0) is 0 Å². The quantitative estimate of drug-likeness (QED) is 0.361. The van der Waals surface area contributed by atoms with Crippen molar-refractivity contribution in [3.05, 3.63) is 94.8 Å². The van der Waals surface area contributed by atoms with Crippen LogP contribution in [0.25, 0.3) is 11.3 Å². The second-order valence-electron chi connectivity index (χ2n) is 5.49. The first-order chi connectivity index (χ1) is 12.3. The molecule has 4 heteroatoms. The van der Waals surface area contributed by atoms with Crippen LogP contribution in [0.2, 0.25) is 0 Å². The van der Waals surface area contributed by atoms with Gasteiger partial charge in [0, 0.05) is 16.9 Å². The van der Waals surface area contributed by atoms with Crippen LogP contribution in [0.5, 0.6) is 0 Å². The maximum Gasteiger partial charge on any atom is 0.196 e. The van der Waals surface area contributed by atoms with E-state index in [1.54, 1.807) is 11.3 Å². The molecule has 0 saturated heterocycles. The molecule has 0 amide bonds. The summed E-state index contributed by atoms with van der Waals surface area (Å²) in [5.41, 5.74) is 4.26. The second-order valence-corrected chi connectivity index (χ2v) is 7.79. The lowest BCUT2D eigenvalue weighted by Gasteiger charge is -2.22. The van der Waals surface area contributed by atoms with Gasteiger partial charge < -0.3 is 0 Å². The molecule has 4 aromatic rings. The van der Waals surface area contributed by atoms with Crippen molar-refractivity contribution in [1.82, 2.24) is 4.98 Å². The number of benzene rings is 3. The number of hydrogen-bond donors (Lipinski definition) is 0. The normalized spacial score (nSPS) is 10.6. The van der Waals surface area contributed by atoms with Crippen molar-refractivity contribution in [2.45, 2.75) is 0 Å². The van der Waals surface area contributed by atoms with Gasteiger partial charge in [0.15, 0.2) is 5.13 Å². The van der Waals surface area contributed by atoms with E-state index >= 15 is 0 Å². The van der Waals surface area contributed by atoms with Gasteiger partial charge in [-0.1, -0.05) is 78.1 Å². The zero-order chi connectivity index (χ0) is 17.1. The van der Waals surface area contributed by atoms with Gasteiger partial charge in [0.2, 0.25) is 0 Å². The Morgan fingerprint density at radius 1 is 0.680 bits per heavy atom. The summed E-state index contributed by atoms with van der Waals surface area (Å²) in [5, 5.41) is 0.933. The number of anilines is 3. The lowest BCUT2D eigenvalue weighted by molar-refractivity contribution is 1.23. The highest BCUT2D eigenvalue weighted by Gasteiger charge is 2.19. The Balaban J connectivity index is 1.84. The third kappa shape index (κ3) is 3.36. The molecule has 0 fully saturated rings. The Labute approximate surface area is 159 Å². The van der Waals surface area contributed by atoms with Gasteiger partial charge in [0.1, 0.15) is 0 Å². The van der Waals surface area contributed by atoms with Gasteiger partial charge >= 0.3 is 0 Å². The molecule has 0 aliphatic heterocycles. The molecule has 0 atom stereocenters. The fraction of sp³-hybridized carbons (Fsp3) is 0. The minimum Gasteiger partial charge on any atom is -0.286 e. The molecule has 1 heterocycles. The van der Waals surface area contributed by atoms with Crippen molar-refractivity contribution in [3.8, 4) is 11.3 Å². The van der Waals surface area contributed by atoms with E-state index in [-0.39, 0.29) is 0 Å². The van der Waals surface area contributed by atoms with Gasteiger partial charge in [-0.25, -0.2) is 4.98 Å². The van der Waals surface area contributed by atoms with Crippen LogP contribution in [0.15, 0.2) is 94.8 Å². The number of halogens is 1. The number of nitrogens with zero attached hydrogens (tertiary/aromatic N) is 2. The Hall–Kier alpha value is -2.43. The summed E-state index contributed by atoms with van der Waals surface area (Å²) in [6, 6.07) is 30.9. The molecule has 0 bridgehead atoms. The molecule has 3 aromatic carbocycles. The molecule has 0 aliphatic rings. The fourth-order valence-electron chi connectivity index (χ4n) is 2.68. The van der Waals surface area contributed by atoms with Crippen molar-refractivity contribution < 1.29 is 0 Å². The lowest BCUT2D eigenvalue weighted by Crippen LogP contribution is -2.09. The molecule has 2 nitrogen and oxygen atoms in total. The number of para-hydroxylation sites is 2. The Kier molecular flexibility index (Phi) is 4.63. The standard InChI is InChI=1S/C21H15BrN2S/c22-20-19(16-10-4-1-5-11-16)23-21(25-20)24(17-12-6-2-7-13-17)18-14-8-3-9-15-18/h1-15H. The highest BCUT2D eigenvalue weighted by molar-refractivity contribution is 9.11. The largest absolute Gasteiger partial charge is 0.286 e. The molecule has 122 valence electrons. The van der Waals surface area contributed by atoms with Crippen molar-refractivity contribution in [2.75, 3.05) is 4.90 Å². The third-order valence-corrected chi connectivity index (χ3v) is 5.53. The van der Waals surface area contributed by atoms with Gasteiger partial charge in [-0.05, 0) is 40.2 Å². The number of thiazole rings is 1. The topological polar surface area (TPSA) is 16.1 Å². The molecular formula is C21H15BrN2S. The van der Waals surface area contributed by atoms with Crippen LogP contribution >= 0.6 is 27.3 Å². The smallest absolute Gasteiger partial charge is 0.196 e. The minimum atomic E-state index is 0.933. The number of hydrogen-bond acceptors (Lipinski definition) is 3. The average Bonchev–Trinajstić information content (AvgIpc) is 3.06. The zero-order valence-corrected chi connectivity index (χ0v) is 15.7. The van der Waals surface area contributed by atoms with Crippen LogP contribution in [0.1, 0.15) is 0 Å².